The first-order valence-corrected chi connectivity index (χ1v) is 8.33. The van der Waals surface area contributed by atoms with Crippen LogP contribution in [0.4, 0.5) is 0 Å². The van der Waals surface area contributed by atoms with Crippen molar-refractivity contribution >= 4 is 10.0 Å². The molecule has 0 spiro atoms. The second kappa shape index (κ2) is 6.03. The van der Waals surface area contributed by atoms with Gasteiger partial charge in [0.05, 0.1) is 11.9 Å². The Morgan fingerprint density at radius 2 is 2.05 bits per heavy atom. The van der Waals surface area contributed by atoms with Gasteiger partial charge in [-0.3, -0.25) is 0 Å². The van der Waals surface area contributed by atoms with E-state index in [1.54, 1.807) is 0 Å². The maximum atomic E-state index is 12.0. The van der Waals surface area contributed by atoms with Gasteiger partial charge in [-0.25, -0.2) is 13.1 Å². The van der Waals surface area contributed by atoms with E-state index < -0.39 is 10.0 Å². The molecule has 1 aliphatic carbocycles. The predicted octanol–water partition coefficient (Wildman–Crippen LogP) is 1.58. The second-order valence-electron chi connectivity index (χ2n) is 5.29. The van der Waals surface area contributed by atoms with Gasteiger partial charge >= 0.3 is 0 Å². The molecule has 19 heavy (non-hydrogen) atoms. The minimum atomic E-state index is -3.33. The molecule has 1 fully saturated rings. The number of rotatable bonds is 5. The summed E-state index contributed by atoms with van der Waals surface area (Å²) in [6, 6.07) is 7.48. The van der Waals surface area contributed by atoms with Gasteiger partial charge in [0.2, 0.25) is 10.0 Å². The minimum Gasteiger partial charge on any atom is -0.393 e. The molecule has 1 aliphatic rings. The molecule has 1 aromatic carbocycles. The molecule has 0 heterocycles. The fourth-order valence-corrected chi connectivity index (χ4v) is 3.82. The highest BCUT2D eigenvalue weighted by Gasteiger charge is 2.26. The summed E-state index contributed by atoms with van der Waals surface area (Å²) >= 11 is 0. The van der Waals surface area contributed by atoms with Crippen molar-refractivity contribution in [3.8, 4) is 0 Å². The van der Waals surface area contributed by atoms with Crippen molar-refractivity contribution in [2.24, 2.45) is 5.92 Å². The van der Waals surface area contributed by atoms with Gasteiger partial charge in [0.25, 0.3) is 0 Å². The van der Waals surface area contributed by atoms with Crippen LogP contribution in [0, 0.1) is 12.8 Å². The Labute approximate surface area is 114 Å². The Balaban J connectivity index is 1.94. The van der Waals surface area contributed by atoms with Crippen molar-refractivity contribution in [1.29, 1.82) is 0 Å². The van der Waals surface area contributed by atoms with Crippen LogP contribution in [0.5, 0.6) is 0 Å². The summed E-state index contributed by atoms with van der Waals surface area (Å²) in [5.41, 5.74) is 1.80. The predicted molar refractivity (Wildman–Crippen MR) is 75.2 cm³/mol. The Hall–Kier alpha value is -0.910. The van der Waals surface area contributed by atoms with Crippen molar-refractivity contribution in [2.75, 3.05) is 6.54 Å². The maximum Gasteiger partial charge on any atom is 0.215 e. The van der Waals surface area contributed by atoms with Gasteiger partial charge in [0.15, 0.2) is 0 Å². The number of aliphatic hydroxyl groups is 1. The molecule has 0 saturated heterocycles. The molecule has 0 aromatic heterocycles. The zero-order valence-electron chi connectivity index (χ0n) is 11.2. The van der Waals surface area contributed by atoms with Crippen LogP contribution in [0.2, 0.25) is 0 Å². The first-order chi connectivity index (χ1) is 8.98. The van der Waals surface area contributed by atoms with Crippen LogP contribution in [0.1, 0.15) is 30.4 Å². The van der Waals surface area contributed by atoms with Crippen LogP contribution in [-0.2, 0) is 15.8 Å². The maximum absolute atomic E-state index is 12.0. The molecule has 106 valence electrons. The van der Waals surface area contributed by atoms with Gasteiger partial charge in [0.1, 0.15) is 0 Å². The van der Waals surface area contributed by atoms with Gasteiger partial charge in [-0.15, -0.1) is 0 Å². The molecule has 2 rings (SSSR count). The van der Waals surface area contributed by atoms with Crippen molar-refractivity contribution in [1.82, 2.24) is 4.72 Å². The number of benzene rings is 1. The van der Waals surface area contributed by atoms with E-state index in [2.05, 4.69) is 4.72 Å². The first kappa shape index (κ1) is 14.5. The third-order valence-electron chi connectivity index (χ3n) is 3.79. The van der Waals surface area contributed by atoms with Crippen LogP contribution in [0.15, 0.2) is 24.3 Å². The number of aliphatic hydroxyl groups excluding tert-OH is 1. The molecule has 0 radical (unpaired) electrons. The summed E-state index contributed by atoms with van der Waals surface area (Å²) in [5.74, 6) is 0.0642. The van der Waals surface area contributed by atoms with Gasteiger partial charge in [-0.2, -0.15) is 0 Å². The van der Waals surface area contributed by atoms with E-state index in [4.69, 9.17) is 0 Å². The molecule has 5 heteroatoms. The van der Waals surface area contributed by atoms with Crippen LogP contribution in [-0.4, -0.2) is 26.2 Å². The molecule has 1 aromatic rings. The van der Waals surface area contributed by atoms with Crippen molar-refractivity contribution in [3.05, 3.63) is 35.4 Å². The molecule has 0 aliphatic heterocycles. The highest BCUT2D eigenvalue weighted by molar-refractivity contribution is 7.88. The standard InChI is InChI=1S/C14H21NO3S/c1-11-5-2-3-6-13(11)10-19(17,18)15-9-12-7-4-8-14(12)16/h2-3,5-6,12,14-16H,4,7-10H2,1H3/t12-,14-/m1/s1. The zero-order chi connectivity index (χ0) is 13.9. The summed E-state index contributed by atoms with van der Waals surface area (Å²) < 4.78 is 26.7. The van der Waals surface area contributed by atoms with E-state index in [1.807, 2.05) is 31.2 Å². The lowest BCUT2D eigenvalue weighted by molar-refractivity contribution is 0.134. The Morgan fingerprint density at radius 1 is 1.32 bits per heavy atom. The van der Waals surface area contributed by atoms with E-state index in [0.717, 1.165) is 30.4 Å². The van der Waals surface area contributed by atoms with Crippen LogP contribution in [0.3, 0.4) is 0 Å². The largest absolute Gasteiger partial charge is 0.393 e. The molecular formula is C14H21NO3S. The third kappa shape index (κ3) is 4.03. The Kier molecular flexibility index (Phi) is 4.60. The van der Waals surface area contributed by atoms with Crippen molar-refractivity contribution in [2.45, 2.75) is 38.0 Å². The molecule has 2 atom stereocenters. The van der Waals surface area contributed by atoms with Gasteiger partial charge in [-0.1, -0.05) is 30.7 Å². The lowest BCUT2D eigenvalue weighted by Gasteiger charge is -2.15. The molecular weight excluding hydrogens is 262 g/mol. The fraction of sp³-hybridized carbons (Fsp3) is 0.571. The smallest absolute Gasteiger partial charge is 0.215 e. The van der Waals surface area contributed by atoms with Crippen LogP contribution in [0.25, 0.3) is 0 Å². The summed E-state index contributed by atoms with van der Waals surface area (Å²) in [5, 5.41) is 9.68. The van der Waals surface area contributed by atoms with Crippen molar-refractivity contribution in [3.63, 3.8) is 0 Å². The summed E-state index contributed by atoms with van der Waals surface area (Å²) in [4.78, 5) is 0. The average molecular weight is 283 g/mol. The number of hydrogen-bond donors (Lipinski definition) is 2. The Bertz CT molecular complexity index is 527. The highest BCUT2D eigenvalue weighted by atomic mass is 32.2. The number of sulfonamides is 1. The van der Waals surface area contributed by atoms with E-state index in [1.165, 1.54) is 0 Å². The van der Waals surface area contributed by atoms with E-state index >= 15 is 0 Å². The lowest BCUT2D eigenvalue weighted by atomic mass is 10.1. The normalized spacial score (nSPS) is 23.7. The van der Waals surface area contributed by atoms with E-state index in [-0.39, 0.29) is 17.8 Å². The first-order valence-electron chi connectivity index (χ1n) is 6.68. The topological polar surface area (TPSA) is 66.4 Å². The molecule has 0 unspecified atom stereocenters. The van der Waals surface area contributed by atoms with E-state index in [0.29, 0.717) is 6.54 Å². The SMILES string of the molecule is Cc1ccccc1CS(=O)(=O)NC[C@H]1CCC[C@H]1O. The fourth-order valence-electron chi connectivity index (χ4n) is 2.52. The van der Waals surface area contributed by atoms with Gasteiger partial charge < -0.3 is 5.11 Å². The molecule has 0 bridgehead atoms. The quantitative estimate of drug-likeness (QED) is 0.862. The summed E-state index contributed by atoms with van der Waals surface area (Å²) in [6.45, 7) is 2.25. The van der Waals surface area contributed by atoms with Crippen molar-refractivity contribution < 1.29 is 13.5 Å². The van der Waals surface area contributed by atoms with Gasteiger partial charge in [0, 0.05) is 6.54 Å². The minimum absolute atomic E-state index is 0.00247. The molecule has 0 amide bonds. The van der Waals surface area contributed by atoms with Gasteiger partial charge in [-0.05, 0) is 36.8 Å². The van der Waals surface area contributed by atoms with E-state index in [9.17, 15) is 13.5 Å². The number of aryl methyl sites for hydroxylation is 1. The summed E-state index contributed by atoms with van der Waals surface area (Å²) in [6.07, 6.45) is 2.30. The Morgan fingerprint density at radius 3 is 2.68 bits per heavy atom. The average Bonchev–Trinajstić information content (AvgIpc) is 2.75. The lowest BCUT2D eigenvalue weighted by Crippen LogP contribution is -2.33. The number of nitrogens with one attached hydrogen (secondary N) is 1. The molecule has 2 N–H and O–H groups in total. The molecule has 1 saturated carbocycles. The van der Waals surface area contributed by atoms with Crippen LogP contribution < -0.4 is 4.72 Å². The second-order valence-corrected chi connectivity index (χ2v) is 7.10. The number of hydrogen-bond acceptors (Lipinski definition) is 3. The third-order valence-corrected chi connectivity index (χ3v) is 5.09. The zero-order valence-corrected chi connectivity index (χ0v) is 12.0. The molecule has 4 nitrogen and oxygen atoms in total. The highest BCUT2D eigenvalue weighted by Crippen LogP contribution is 2.25. The van der Waals surface area contributed by atoms with Crippen LogP contribution >= 0.6 is 0 Å². The summed E-state index contributed by atoms with van der Waals surface area (Å²) in [7, 11) is -3.33. The monoisotopic (exact) mass is 283 g/mol.